The predicted molar refractivity (Wildman–Crippen MR) is 92.1 cm³/mol. The summed E-state index contributed by atoms with van der Waals surface area (Å²) in [7, 11) is 0. The van der Waals surface area contributed by atoms with Crippen molar-refractivity contribution in [3.63, 3.8) is 0 Å². The van der Waals surface area contributed by atoms with Gasteiger partial charge in [0.1, 0.15) is 4.83 Å². The maximum absolute atomic E-state index is 12.5. The molecule has 7 heteroatoms. The molecule has 1 amide bonds. The van der Waals surface area contributed by atoms with Gasteiger partial charge in [-0.25, -0.2) is 4.98 Å². The minimum atomic E-state index is -0.0685. The average molecular weight is 337 g/mol. The molecule has 2 aromatic heterocycles. The van der Waals surface area contributed by atoms with Crippen molar-refractivity contribution in [2.75, 3.05) is 19.8 Å². The van der Waals surface area contributed by atoms with E-state index >= 15 is 0 Å². The highest BCUT2D eigenvalue weighted by Gasteiger charge is 2.12. The molecule has 23 heavy (non-hydrogen) atoms. The number of nitrogens with one attached hydrogen (secondary N) is 1. The first-order valence-electron chi connectivity index (χ1n) is 7.84. The number of carbonyl (C=O) groups excluding carboxylic acids is 1. The van der Waals surface area contributed by atoms with Gasteiger partial charge in [-0.3, -0.25) is 14.2 Å². The first-order chi connectivity index (χ1) is 11.0. The molecule has 0 aromatic carbocycles. The van der Waals surface area contributed by atoms with Crippen molar-refractivity contribution in [3.05, 3.63) is 27.1 Å². The van der Waals surface area contributed by atoms with Gasteiger partial charge in [-0.1, -0.05) is 0 Å². The summed E-state index contributed by atoms with van der Waals surface area (Å²) in [6.07, 6.45) is 2.59. The van der Waals surface area contributed by atoms with Crippen LogP contribution in [0, 0.1) is 13.8 Å². The Morgan fingerprint density at radius 1 is 1.43 bits per heavy atom. The van der Waals surface area contributed by atoms with Crippen LogP contribution >= 0.6 is 11.3 Å². The largest absolute Gasteiger partial charge is 0.382 e. The topological polar surface area (TPSA) is 73.2 Å². The van der Waals surface area contributed by atoms with E-state index < -0.39 is 0 Å². The number of fused-ring (bicyclic) bond motifs is 1. The van der Waals surface area contributed by atoms with Gasteiger partial charge in [0.2, 0.25) is 5.91 Å². The predicted octanol–water partition coefficient (Wildman–Crippen LogP) is 2.01. The summed E-state index contributed by atoms with van der Waals surface area (Å²) in [5.74, 6) is -0.0632. The molecule has 0 saturated carbocycles. The van der Waals surface area contributed by atoms with Crippen LogP contribution in [0.25, 0.3) is 10.2 Å². The molecular weight excluding hydrogens is 314 g/mol. The normalized spacial score (nSPS) is 11.1. The average Bonchev–Trinajstić information content (AvgIpc) is 2.82. The van der Waals surface area contributed by atoms with Crippen LogP contribution in [-0.2, 0) is 16.1 Å². The molecule has 2 rings (SSSR count). The van der Waals surface area contributed by atoms with Crippen LogP contribution in [0.4, 0.5) is 0 Å². The summed E-state index contributed by atoms with van der Waals surface area (Å²) in [5.41, 5.74) is 0.915. The highest BCUT2D eigenvalue weighted by Crippen LogP contribution is 2.25. The van der Waals surface area contributed by atoms with Crippen LogP contribution in [0.15, 0.2) is 11.1 Å². The molecule has 0 aliphatic heterocycles. The third-order valence-corrected chi connectivity index (χ3v) is 4.84. The van der Waals surface area contributed by atoms with E-state index in [0.717, 1.165) is 21.7 Å². The zero-order chi connectivity index (χ0) is 16.8. The number of amides is 1. The van der Waals surface area contributed by atoms with E-state index in [9.17, 15) is 9.59 Å². The monoisotopic (exact) mass is 337 g/mol. The molecule has 0 unspecified atom stereocenters. The van der Waals surface area contributed by atoms with Crippen molar-refractivity contribution < 1.29 is 9.53 Å². The first-order valence-corrected chi connectivity index (χ1v) is 8.65. The second-order valence-electron chi connectivity index (χ2n) is 5.36. The minimum absolute atomic E-state index is 0.0632. The zero-order valence-corrected chi connectivity index (χ0v) is 14.7. The summed E-state index contributed by atoms with van der Waals surface area (Å²) < 4.78 is 6.73. The fraction of sp³-hybridized carbons (Fsp3) is 0.562. The molecule has 0 bridgehead atoms. The number of thiophene rings is 1. The lowest BCUT2D eigenvalue weighted by atomic mass is 10.2. The Hall–Kier alpha value is -1.73. The van der Waals surface area contributed by atoms with E-state index in [2.05, 4.69) is 10.3 Å². The van der Waals surface area contributed by atoms with Crippen LogP contribution in [-0.4, -0.2) is 35.2 Å². The number of ether oxygens (including phenoxy) is 1. The van der Waals surface area contributed by atoms with E-state index in [0.29, 0.717) is 31.7 Å². The Morgan fingerprint density at radius 3 is 2.96 bits per heavy atom. The van der Waals surface area contributed by atoms with Gasteiger partial charge < -0.3 is 10.1 Å². The molecule has 126 valence electrons. The Labute approximate surface area is 139 Å². The first kappa shape index (κ1) is 17.6. The molecule has 0 atom stereocenters. The number of nitrogens with zero attached hydrogens (tertiary/aromatic N) is 2. The number of hydrogen-bond acceptors (Lipinski definition) is 5. The number of aryl methyl sites for hydroxylation is 3. The standard InChI is InChI=1S/C16H23N3O3S/c1-4-22-9-5-7-17-13(20)6-8-19-10-18-15-14(16(19)21)11(2)12(3)23-15/h10H,4-9H2,1-3H3,(H,17,20). The third kappa shape index (κ3) is 4.39. The highest BCUT2D eigenvalue weighted by atomic mass is 32.1. The van der Waals surface area contributed by atoms with E-state index in [4.69, 9.17) is 4.74 Å². The van der Waals surface area contributed by atoms with Gasteiger partial charge in [0.15, 0.2) is 0 Å². The number of carbonyl (C=O) groups is 1. The Morgan fingerprint density at radius 2 is 2.22 bits per heavy atom. The van der Waals surface area contributed by atoms with Gasteiger partial charge in [0, 0.05) is 37.6 Å². The molecule has 2 aromatic rings. The molecule has 0 spiro atoms. The lowest BCUT2D eigenvalue weighted by Gasteiger charge is -2.07. The number of aromatic nitrogens is 2. The van der Waals surface area contributed by atoms with Crippen LogP contribution in [0.3, 0.4) is 0 Å². The minimum Gasteiger partial charge on any atom is -0.382 e. The van der Waals surface area contributed by atoms with Gasteiger partial charge in [0.25, 0.3) is 5.56 Å². The van der Waals surface area contributed by atoms with Crippen molar-refractivity contribution in [2.24, 2.45) is 0 Å². The second kappa shape index (κ2) is 8.21. The SMILES string of the molecule is CCOCCCNC(=O)CCn1cnc2sc(C)c(C)c2c1=O. The number of rotatable bonds is 8. The summed E-state index contributed by atoms with van der Waals surface area (Å²) in [5, 5.41) is 3.50. The maximum Gasteiger partial charge on any atom is 0.262 e. The summed E-state index contributed by atoms with van der Waals surface area (Å²) >= 11 is 1.53. The summed E-state index contributed by atoms with van der Waals surface area (Å²) in [6.45, 7) is 8.13. The Kier molecular flexibility index (Phi) is 6.29. The number of hydrogen-bond donors (Lipinski definition) is 1. The zero-order valence-electron chi connectivity index (χ0n) is 13.8. The lowest BCUT2D eigenvalue weighted by molar-refractivity contribution is -0.121. The molecule has 0 radical (unpaired) electrons. The van der Waals surface area contributed by atoms with Crippen molar-refractivity contribution >= 4 is 27.5 Å². The highest BCUT2D eigenvalue weighted by molar-refractivity contribution is 7.18. The van der Waals surface area contributed by atoms with Crippen LogP contribution in [0.1, 0.15) is 30.2 Å². The fourth-order valence-corrected chi connectivity index (χ4v) is 3.27. The summed E-state index contributed by atoms with van der Waals surface area (Å²) in [6, 6.07) is 0. The summed E-state index contributed by atoms with van der Waals surface area (Å²) in [4.78, 5) is 30.5. The molecule has 0 aliphatic carbocycles. The van der Waals surface area contributed by atoms with Crippen molar-refractivity contribution in [2.45, 2.75) is 40.2 Å². The quantitative estimate of drug-likeness (QED) is 0.748. The van der Waals surface area contributed by atoms with Gasteiger partial charge in [-0.05, 0) is 32.8 Å². The molecule has 6 nitrogen and oxygen atoms in total. The van der Waals surface area contributed by atoms with Crippen molar-refractivity contribution in [1.82, 2.24) is 14.9 Å². The maximum atomic E-state index is 12.5. The smallest absolute Gasteiger partial charge is 0.262 e. The van der Waals surface area contributed by atoms with Gasteiger partial charge >= 0.3 is 0 Å². The van der Waals surface area contributed by atoms with Gasteiger partial charge in [-0.15, -0.1) is 11.3 Å². The third-order valence-electron chi connectivity index (χ3n) is 3.73. The van der Waals surface area contributed by atoms with E-state index in [-0.39, 0.29) is 17.9 Å². The second-order valence-corrected chi connectivity index (χ2v) is 6.56. The van der Waals surface area contributed by atoms with Crippen molar-refractivity contribution in [1.29, 1.82) is 0 Å². The van der Waals surface area contributed by atoms with Crippen LogP contribution in [0.5, 0.6) is 0 Å². The van der Waals surface area contributed by atoms with E-state index in [1.54, 1.807) is 0 Å². The Balaban J connectivity index is 1.92. The van der Waals surface area contributed by atoms with E-state index in [1.807, 2.05) is 20.8 Å². The fourth-order valence-electron chi connectivity index (χ4n) is 2.29. The lowest BCUT2D eigenvalue weighted by Crippen LogP contribution is -2.28. The van der Waals surface area contributed by atoms with Gasteiger partial charge in [-0.2, -0.15) is 0 Å². The molecule has 0 aliphatic rings. The van der Waals surface area contributed by atoms with Crippen LogP contribution in [0.2, 0.25) is 0 Å². The molecule has 0 saturated heterocycles. The molecule has 0 fully saturated rings. The van der Waals surface area contributed by atoms with E-state index in [1.165, 1.54) is 22.2 Å². The van der Waals surface area contributed by atoms with Crippen LogP contribution < -0.4 is 10.9 Å². The molecule has 2 heterocycles. The van der Waals surface area contributed by atoms with Gasteiger partial charge in [0.05, 0.1) is 11.7 Å². The molecular formula is C16H23N3O3S. The van der Waals surface area contributed by atoms with Crippen molar-refractivity contribution in [3.8, 4) is 0 Å². The molecule has 1 N–H and O–H groups in total. The Bertz CT molecular complexity index is 736.